The molecule has 30 heavy (non-hydrogen) atoms. The molecule has 2 fully saturated rings. The fraction of sp³-hybridized carbons (Fsp3) is 0.391. The largest absolute Gasteiger partial charge is 0.488 e. The van der Waals surface area contributed by atoms with Crippen LogP contribution in [0.2, 0.25) is 0 Å². The van der Waals surface area contributed by atoms with E-state index in [2.05, 4.69) is 45.6 Å². The maximum Gasteiger partial charge on any atom is 0.220 e. The topological polar surface area (TPSA) is 68.1 Å². The molecule has 2 aliphatic rings. The van der Waals surface area contributed by atoms with Crippen molar-refractivity contribution in [3.05, 3.63) is 48.8 Å². The van der Waals surface area contributed by atoms with Crippen molar-refractivity contribution in [2.75, 3.05) is 37.7 Å². The summed E-state index contributed by atoms with van der Waals surface area (Å²) in [4.78, 5) is 13.9. The molecule has 2 atom stereocenters. The number of benzene rings is 1. The summed E-state index contributed by atoms with van der Waals surface area (Å²) in [6.07, 6.45) is 4.25. The standard InChI is InChI=1S/C23H26N4O3/c1-16(18-13-23(28)24-14-18)30-22-12-19(15-27-21(22)6-7-25-27)17-2-4-20(5-3-17)26-8-10-29-11-9-26/h2-7,12,15-16,18H,8-11,13-14H2,1H3,(H,24,28). The average molecular weight is 406 g/mol. The van der Waals surface area contributed by atoms with Gasteiger partial charge in [0.05, 0.1) is 19.4 Å². The minimum atomic E-state index is -0.0680. The highest BCUT2D eigenvalue weighted by Crippen LogP contribution is 2.31. The fourth-order valence-electron chi connectivity index (χ4n) is 4.19. The Balaban J connectivity index is 1.41. The molecule has 1 aromatic carbocycles. The summed E-state index contributed by atoms with van der Waals surface area (Å²) in [5, 5.41) is 7.31. The third kappa shape index (κ3) is 3.73. The Morgan fingerprint density at radius 1 is 1.17 bits per heavy atom. The van der Waals surface area contributed by atoms with E-state index in [9.17, 15) is 4.79 Å². The summed E-state index contributed by atoms with van der Waals surface area (Å²) in [6.45, 7) is 6.09. The summed E-state index contributed by atoms with van der Waals surface area (Å²) in [5.74, 6) is 1.06. The van der Waals surface area contributed by atoms with Crippen molar-refractivity contribution in [2.24, 2.45) is 5.92 Å². The summed E-state index contributed by atoms with van der Waals surface area (Å²) >= 11 is 0. The van der Waals surface area contributed by atoms with Gasteiger partial charge in [0, 0.05) is 49.4 Å². The zero-order valence-corrected chi connectivity index (χ0v) is 17.1. The van der Waals surface area contributed by atoms with Crippen LogP contribution in [-0.4, -0.2) is 54.5 Å². The zero-order chi connectivity index (χ0) is 20.5. The van der Waals surface area contributed by atoms with Crippen molar-refractivity contribution in [1.82, 2.24) is 14.9 Å². The predicted octanol–water partition coefficient (Wildman–Crippen LogP) is 2.74. The number of amides is 1. The van der Waals surface area contributed by atoms with Crippen molar-refractivity contribution in [1.29, 1.82) is 0 Å². The first-order valence-corrected chi connectivity index (χ1v) is 10.5. The van der Waals surface area contributed by atoms with Gasteiger partial charge in [0.1, 0.15) is 17.4 Å². The molecule has 3 aromatic rings. The molecule has 5 rings (SSSR count). The molecular formula is C23H26N4O3. The Morgan fingerprint density at radius 3 is 2.70 bits per heavy atom. The highest BCUT2D eigenvalue weighted by molar-refractivity contribution is 5.78. The van der Waals surface area contributed by atoms with E-state index in [0.29, 0.717) is 13.0 Å². The quantitative estimate of drug-likeness (QED) is 0.706. The number of hydrogen-bond donors (Lipinski definition) is 1. The second kappa shape index (κ2) is 7.99. The van der Waals surface area contributed by atoms with E-state index in [1.165, 1.54) is 5.69 Å². The molecule has 0 aliphatic carbocycles. The molecule has 0 bridgehead atoms. The molecule has 0 radical (unpaired) electrons. The van der Waals surface area contributed by atoms with Gasteiger partial charge in [0.2, 0.25) is 5.91 Å². The molecule has 1 N–H and O–H groups in total. The number of anilines is 1. The van der Waals surface area contributed by atoms with Crippen molar-refractivity contribution in [2.45, 2.75) is 19.4 Å². The van der Waals surface area contributed by atoms with Gasteiger partial charge in [-0.2, -0.15) is 5.10 Å². The van der Waals surface area contributed by atoms with E-state index in [1.54, 1.807) is 6.20 Å². The third-order valence-electron chi connectivity index (χ3n) is 6.03. The molecule has 156 valence electrons. The Hall–Kier alpha value is -3.06. The molecule has 2 unspecified atom stereocenters. The smallest absolute Gasteiger partial charge is 0.220 e. The number of carbonyl (C=O) groups is 1. The van der Waals surface area contributed by atoms with Crippen LogP contribution < -0.4 is 15.0 Å². The van der Waals surface area contributed by atoms with Crippen LogP contribution >= 0.6 is 0 Å². The number of nitrogens with one attached hydrogen (secondary N) is 1. The second-order valence-electron chi connectivity index (χ2n) is 7.99. The van der Waals surface area contributed by atoms with Gasteiger partial charge in [-0.25, -0.2) is 4.52 Å². The van der Waals surface area contributed by atoms with Gasteiger partial charge in [-0.3, -0.25) is 4.79 Å². The van der Waals surface area contributed by atoms with Gasteiger partial charge in [-0.05, 0) is 36.8 Å². The molecule has 7 heteroatoms. The molecule has 2 aliphatic heterocycles. The van der Waals surface area contributed by atoms with E-state index < -0.39 is 0 Å². The number of rotatable bonds is 5. The minimum Gasteiger partial charge on any atom is -0.488 e. The number of carbonyl (C=O) groups excluding carboxylic acids is 1. The first kappa shape index (κ1) is 18.9. The monoisotopic (exact) mass is 406 g/mol. The van der Waals surface area contributed by atoms with Gasteiger partial charge < -0.3 is 19.7 Å². The zero-order valence-electron chi connectivity index (χ0n) is 17.1. The van der Waals surface area contributed by atoms with Gasteiger partial charge >= 0.3 is 0 Å². The molecule has 7 nitrogen and oxygen atoms in total. The lowest BCUT2D eigenvalue weighted by Crippen LogP contribution is -2.36. The van der Waals surface area contributed by atoms with Crippen LogP contribution in [0.15, 0.2) is 48.8 Å². The van der Waals surface area contributed by atoms with Crippen LogP contribution in [0.4, 0.5) is 5.69 Å². The van der Waals surface area contributed by atoms with Crippen molar-refractivity contribution >= 4 is 17.1 Å². The van der Waals surface area contributed by atoms with E-state index in [1.807, 2.05) is 23.7 Å². The first-order chi connectivity index (χ1) is 14.7. The maximum atomic E-state index is 11.6. The van der Waals surface area contributed by atoms with Gasteiger partial charge in [-0.15, -0.1) is 0 Å². The molecule has 1 amide bonds. The summed E-state index contributed by atoms with van der Waals surface area (Å²) in [5.41, 5.74) is 4.29. The van der Waals surface area contributed by atoms with E-state index in [4.69, 9.17) is 9.47 Å². The normalized spacial score (nSPS) is 20.4. The van der Waals surface area contributed by atoms with Crippen molar-refractivity contribution < 1.29 is 14.3 Å². The summed E-state index contributed by atoms with van der Waals surface area (Å²) in [6, 6.07) is 12.6. The number of aromatic nitrogens is 2. The number of nitrogens with zero attached hydrogens (tertiary/aromatic N) is 3. The molecular weight excluding hydrogens is 380 g/mol. The van der Waals surface area contributed by atoms with Crippen molar-refractivity contribution in [3.63, 3.8) is 0 Å². The molecule has 2 aromatic heterocycles. The number of pyridine rings is 1. The molecule has 0 saturated carbocycles. The lowest BCUT2D eigenvalue weighted by Gasteiger charge is -2.29. The third-order valence-corrected chi connectivity index (χ3v) is 6.03. The Kier molecular flexibility index (Phi) is 5.04. The van der Waals surface area contributed by atoms with Crippen LogP contribution in [0.3, 0.4) is 0 Å². The van der Waals surface area contributed by atoms with Crippen LogP contribution in [0.1, 0.15) is 13.3 Å². The first-order valence-electron chi connectivity index (χ1n) is 10.5. The van der Waals surface area contributed by atoms with Crippen LogP contribution in [0.25, 0.3) is 16.6 Å². The number of hydrogen-bond acceptors (Lipinski definition) is 5. The lowest BCUT2D eigenvalue weighted by molar-refractivity contribution is -0.119. The molecule has 2 saturated heterocycles. The van der Waals surface area contributed by atoms with Crippen LogP contribution in [0.5, 0.6) is 5.75 Å². The van der Waals surface area contributed by atoms with E-state index >= 15 is 0 Å². The number of ether oxygens (including phenoxy) is 2. The van der Waals surface area contributed by atoms with Gasteiger partial charge in [-0.1, -0.05) is 12.1 Å². The Labute approximate surface area is 175 Å². The lowest BCUT2D eigenvalue weighted by atomic mass is 10.0. The maximum absolute atomic E-state index is 11.6. The minimum absolute atomic E-state index is 0.0680. The highest BCUT2D eigenvalue weighted by Gasteiger charge is 2.28. The van der Waals surface area contributed by atoms with Gasteiger partial charge in [0.25, 0.3) is 0 Å². The van der Waals surface area contributed by atoms with E-state index in [0.717, 1.165) is 48.7 Å². The fourth-order valence-corrected chi connectivity index (χ4v) is 4.19. The highest BCUT2D eigenvalue weighted by atomic mass is 16.5. The summed E-state index contributed by atoms with van der Waals surface area (Å²) in [7, 11) is 0. The van der Waals surface area contributed by atoms with Crippen molar-refractivity contribution in [3.8, 4) is 16.9 Å². The molecule has 0 spiro atoms. The SMILES string of the molecule is CC(Oc1cc(-c2ccc(N3CCOCC3)cc2)cn2nccc12)C1CNC(=O)C1. The average Bonchev–Trinajstić information content (AvgIpc) is 3.43. The Bertz CT molecular complexity index is 1040. The van der Waals surface area contributed by atoms with Crippen LogP contribution in [0, 0.1) is 5.92 Å². The van der Waals surface area contributed by atoms with E-state index in [-0.39, 0.29) is 17.9 Å². The summed E-state index contributed by atoms with van der Waals surface area (Å²) < 4.78 is 13.6. The Morgan fingerprint density at radius 2 is 1.97 bits per heavy atom. The van der Waals surface area contributed by atoms with Crippen LogP contribution in [-0.2, 0) is 9.53 Å². The number of fused-ring (bicyclic) bond motifs is 1. The predicted molar refractivity (Wildman–Crippen MR) is 115 cm³/mol. The van der Waals surface area contributed by atoms with Gasteiger partial charge in [0.15, 0.2) is 0 Å². The molecule has 4 heterocycles. The number of morpholine rings is 1. The second-order valence-corrected chi connectivity index (χ2v) is 7.99.